The zero-order chi connectivity index (χ0) is 15.7. The molecule has 0 aliphatic rings. The molecule has 0 bridgehead atoms. The molecule has 1 unspecified atom stereocenters. The normalized spacial score (nSPS) is 10.9. The van der Waals surface area contributed by atoms with Crippen LogP contribution in [0, 0.1) is 13.1 Å². The van der Waals surface area contributed by atoms with Crippen LogP contribution in [0.4, 0.5) is 0 Å². The van der Waals surface area contributed by atoms with E-state index < -0.39 is 17.9 Å². The molecule has 2 rings (SSSR count). The molecule has 2 aromatic carbocycles. The fraction of sp³-hybridized carbons (Fsp3) is 0.125. The summed E-state index contributed by atoms with van der Waals surface area (Å²) in [7, 11) is 0. The van der Waals surface area contributed by atoms with E-state index in [0.29, 0.717) is 0 Å². The van der Waals surface area contributed by atoms with E-state index in [4.69, 9.17) is 5.11 Å². The molecule has 21 heavy (non-hydrogen) atoms. The van der Waals surface area contributed by atoms with Crippen LogP contribution in [0.25, 0.3) is 0 Å². The van der Waals surface area contributed by atoms with Gasteiger partial charge >= 0.3 is 27.2 Å². The Labute approximate surface area is 133 Å². The summed E-state index contributed by atoms with van der Waals surface area (Å²) < 4.78 is 2.96. The molecule has 0 fully saturated rings. The number of rotatable bonds is 4. The van der Waals surface area contributed by atoms with Crippen molar-refractivity contribution in [3.05, 3.63) is 67.8 Å². The summed E-state index contributed by atoms with van der Waals surface area (Å²) in [6.45, 7) is 1.05. The maximum Gasteiger partial charge on any atom is 0.357 e. The Morgan fingerprint density at radius 3 is 1.57 bits per heavy atom. The van der Waals surface area contributed by atoms with Crippen molar-refractivity contribution in [1.82, 2.24) is 0 Å². The number of halogens is 1. The third kappa shape index (κ3) is 6.89. The van der Waals surface area contributed by atoms with Crippen LogP contribution in [-0.2, 0) is 9.59 Å². The molecule has 2 aromatic rings. The van der Waals surface area contributed by atoms with Crippen LogP contribution in [0.3, 0.4) is 0 Å². The van der Waals surface area contributed by atoms with Gasteiger partial charge in [0.05, 0.1) is 11.9 Å². The average molecular weight is 398 g/mol. The summed E-state index contributed by atoms with van der Waals surface area (Å²) in [5.74, 6) is -4.34. The quantitative estimate of drug-likeness (QED) is 0.491. The van der Waals surface area contributed by atoms with Crippen molar-refractivity contribution in [2.24, 2.45) is 5.92 Å². The largest absolute Gasteiger partial charge is 0.549 e. The molecule has 0 aliphatic heterocycles. The lowest BCUT2D eigenvalue weighted by Crippen LogP contribution is -3.61. The van der Waals surface area contributed by atoms with E-state index in [0.717, 1.165) is 6.92 Å². The van der Waals surface area contributed by atoms with E-state index in [1.165, 1.54) is 7.14 Å². The van der Waals surface area contributed by atoms with Crippen molar-refractivity contribution in [1.29, 1.82) is 0 Å². The van der Waals surface area contributed by atoms with Gasteiger partial charge in [-0.1, -0.05) is 36.4 Å². The van der Waals surface area contributed by atoms with E-state index in [1.807, 2.05) is 0 Å². The first-order chi connectivity index (χ1) is 10.0. The maximum atomic E-state index is 9.72. The van der Waals surface area contributed by atoms with Crippen LogP contribution in [-0.4, -0.2) is 17.0 Å². The summed E-state index contributed by atoms with van der Waals surface area (Å²) >= 11 is 0.0287. The van der Waals surface area contributed by atoms with Gasteiger partial charge in [-0.2, -0.15) is 0 Å². The topological polar surface area (TPSA) is 77.4 Å². The third-order valence-corrected chi connectivity index (χ3v) is 5.09. The highest BCUT2D eigenvalue weighted by Crippen LogP contribution is 1.89. The van der Waals surface area contributed by atoms with Crippen molar-refractivity contribution in [3.8, 4) is 0 Å². The van der Waals surface area contributed by atoms with Gasteiger partial charge in [0.15, 0.2) is 7.14 Å². The van der Waals surface area contributed by atoms with Crippen LogP contribution in [0.2, 0.25) is 0 Å². The fourth-order valence-electron chi connectivity index (χ4n) is 1.18. The minimum Gasteiger partial charge on any atom is -0.549 e. The number of carbonyl (C=O) groups excluding carboxylic acids is 1. The molecule has 4 nitrogen and oxygen atoms in total. The van der Waals surface area contributed by atoms with Crippen molar-refractivity contribution in [3.63, 3.8) is 0 Å². The van der Waals surface area contributed by atoms with Crippen molar-refractivity contribution < 1.29 is 41.0 Å². The van der Waals surface area contributed by atoms with Gasteiger partial charge in [-0.25, -0.2) is 0 Å². The number of hydrogen-bond donors (Lipinski definition) is 1. The van der Waals surface area contributed by atoms with Gasteiger partial charge in [-0.3, -0.25) is 4.79 Å². The second kappa shape index (κ2) is 9.12. The highest BCUT2D eigenvalue weighted by molar-refractivity contribution is 5.91. The Balaban J connectivity index is 0.000000240. The first kappa shape index (κ1) is 17.2. The van der Waals surface area contributed by atoms with Gasteiger partial charge in [0, 0.05) is 0 Å². The van der Waals surface area contributed by atoms with E-state index in [1.54, 1.807) is 0 Å². The molecule has 0 saturated heterocycles. The molecule has 0 aliphatic carbocycles. The zero-order valence-corrected chi connectivity index (χ0v) is 13.6. The van der Waals surface area contributed by atoms with Gasteiger partial charge in [0.1, 0.15) is 0 Å². The third-order valence-electron chi connectivity index (χ3n) is 2.41. The molecule has 0 radical (unpaired) electrons. The summed E-state index contributed by atoms with van der Waals surface area (Å²) in [5, 5.41) is 17.6. The minimum absolute atomic E-state index is 0.0287. The predicted molar refractivity (Wildman–Crippen MR) is 72.1 cm³/mol. The zero-order valence-electron chi connectivity index (χ0n) is 11.4. The highest BCUT2D eigenvalue weighted by atomic mass is 127. The molecule has 110 valence electrons. The summed E-state index contributed by atoms with van der Waals surface area (Å²) in [4.78, 5) is 19.4. The van der Waals surface area contributed by atoms with Crippen LogP contribution in [0.15, 0.2) is 60.7 Å². The molecular formula is C16H15IO4. The molecule has 0 amide bonds. The van der Waals surface area contributed by atoms with Gasteiger partial charge < -0.3 is 15.0 Å². The summed E-state index contributed by atoms with van der Waals surface area (Å²) in [6.07, 6.45) is 0. The molecule has 0 saturated carbocycles. The van der Waals surface area contributed by atoms with Crippen LogP contribution >= 0.6 is 0 Å². The second-order valence-corrected chi connectivity index (χ2v) is 7.10. The molecular weight excluding hydrogens is 383 g/mol. The average Bonchev–Trinajstić information content (AvgIpc) is 2.49. The Kier molecular flexibility index (Phi) is 7.45. The molecule has 0 spiro atoms. The predicted octanol–water partition coefficient (Wildman–Crippen LogP) is -1.73. The van der Waals surface area contributed by atoms with Gasteiger partial charge in [0.25, 0.3) is 0 Å². The fourth-order valence-corrected chi connectivity index (χ4v) is 3.45. The molecule has 1 N–H and O–H groups in total. The summed E-state index contributed by atoms with van der Waals surface area (Å²) in [5.41, 5.74) is 0. The molecule has 0 heterocycles. The highest BCUT2D eigenvalue weighted by Gasteiger charge is 2.12. The maximum absolute atomic E-state index is 9.72. The van der Waals surface area contributed by atoms with E-state index >= 15 is 0 Å². The van der Waals surface area contributed by atoms with Crippen LogP contribution < -0.4 is 26.3 Å². The van der Waals surface area contributed by atoms with Gasteiger partial charge in [-0.15, -0.1) is 0 Å². The lowest BCUT2D eigenvalue weighted by atomic mass is 10.2. The van der Waals surface area contributed by atoms with E-state index in [9.17, 15) is 14.7 Å². The second-order valence-electron chi connectivity index (χ2n) is 4.06. The van der Waals surface area contributed by atoms with Gasteiger partial charge in [0.2, 0.25) is 0 Å². The standard InChI is InChI=1S/C12H10I.C4H6O4/c1-3-7-11(8-4-1)13-12-9-5-2-6-10-12;1-2(3(5)6)4(7)8/h1-10H;2H,1H3,(H,5,6)(H,7,8)/q+1;/p-1. The lowest BCUT2D eigenvalue weighted by molar-refractivity contribution is -0.597. The Morgan fingerprint density at radius 1 is 0.952 bits per heavy atom. The molecule has 0 aromatic heterocycles. The van der Waals surface area contributed by atoms with E-state index in [-0.39, 0.29) is 21.2 Å². The van der Waals surface area contributed by atoms with E-state index in [2.05, 4.69) is 60.7 Å². The summed E-state index contributed by atoms with van der Waals surface area (Å²) in [6, 6.07) is 21.4. The Bertz CT molecular complexity index is 518. The monoisotopic (exact) mass is 398 g/mol. The SMILES string of the molecule is CC(C(=O)[O-])C(=O)O.c1ccc([I+]c2ccccc2)cc1. The van der Waals surface area contributed by atoms with Crippen LogP contribution in [0.1, 0.15) is 6.92 Å². The van der Waals surface area contributed by atoms with Crippen molar-refractivity contribution >= 4 is 11.9 Å². The first-order valence-electron chi connectivity index (χ1n) is 6.19. The smallest absolute Gasteiger partial charge is 0.357 e. The number of carbonyl (C=O) groups is 2. The number of aliphatic carboxylic acids is 2. The van der Waals surface area contributed by atoms with Crippen LogP contribution in [0.5, 0.6) is 0 Å². The number of carboxylic acids is 2. The number of benzene rings is 2. The molecule has 5 heteroatoms. The Morgan fingerprint density at radius 2 is 1.33 bits per heavy atom. The Hall–Kier alpha value is -1.89. The molecule has 1 atom stereocenters. The van der Waals surface area contributed by atoms with Crippen molar-refractivity contribution in [2.75, 3.05) is 0 Å². The van der Waals surface area contributed by atoms with Crippen molar-refractivity contribution in [2.45, 2.75) is 6.92 Å². The van der Waals surface area contributed by atoms with Gasteiger partial charge in [-0.05, 0) is 31.2 Å². The number of carboxylic acid groups (broad SMARTS) is 2. The first-order valence-corrected chi connectivity index (χ1v) is 8.35. The minimum atomic E-state index is -1.56. The number of hydrogen-bond acceptors (Lipinski definition) is 3. The lowest BCUT2D eigenvalue weighted by Gasteiger charge is -2.03.